The number of benzene rings is 2. The van der Waals surface area contributed by atoms with Gasteiger partial charge in [0.15, 0.2) is 0 Å². The molecule has 0 unspecified atom stereocenters. The normalized spacial score (nSPS) is 15.0. The Hall–Kier alpha value is -3.58. The molecule has 32 heavy (non-hydrogen) atoms. The summed E-state index contributed by atoms with van der Waals surface area (Å²) in [6.45, 7) is 6.48. The van der Waals surface area contributed by atoms with Crippen LogP contribution in [0.5, 0.6) is 11.5 Å². The third-order valence-corrected chi connectivity index (χ3v) is 4.83. The molecule has 8 heteroatoms. The van der Waals surface area contributed by atoms with E-state index in [2.05, 4.69) is 18.8 Å². The molecular formula is C24H23ClN2O5. The smallest absolute Gasteiger partial charge is 0.335 e. The number of imide groups is 2. The molecule has 1 aliphatic heterocycles. The van der Waals surface area contributed by atoms with Crippen molar-refractivity contribution in [1.82, 2.24) is 5.32 Å². The Morgan fingerprint density at radius 1 is 1.09 bits per heavy atom. The van der Waals surface area contributed by atoms with E-state index >= 15 is 0 Å². The lowest BCUT2D eigenvalue weighted by molar-refractivity contribution is -0.122. The Morgan fingerprint density at radius 2 is 1.84 bits per heavy atom. The topological polar surface area (TPSA) is 84.9 Å². The zero-order valence-corrected chi connectivity index (χ0v) is 18.4. The van der Waals surface area contributed by atoms with Crippen molar-refractivity contribution in [3.8, 4) is 11.5 Å². The van der Waals surface area contributed by atoms with Gasteiger partial charge in [0.25, 0.3) is 11.8 Å². The molecule has 2 aromatic rings. The molecule has 0 saturated carbocycles. The summed E-state index contributed by atoms with van der Waals surface area (Å²) in [7, 11) is 0. The minimum Gasteiger partial charge on any atom is -0.494 e. The Kier molecular flexibility index (Phi) is 7.68. The number of nitrogens with one attached hydrogen (secondary N) is 1. The summed E-state index contributed by atoms with van der Waals surface area (Å²) >= 11 is 6.08. The standard InChI is InChI=1S/C24H23ClN2O5/c1-3-5-13-31-19-9-7-18(8-10-19)27-23(29)20(22(28)26-24(27)30)15-16-14-17(25)6-11-21(16)32-12-4-2/h4,6-11,14-15H,2-3,5,12-13H2,1H3,(H,26,28,30)/b20-15-. The summed E-state index contributed by atoms with van der Waals surface area (Å²) < 4.78 is 11.2. The molecule has 0 aliphatic carbocycles. The first kappa shape index (κ1) is 23.1. The van der Waals surface area contributed by atoms with Crippen LogP contribution >= 0.6 is 11.6 Å². The average Bonchev–Trinajstić information content (AvgIpc) is 2.77. The van der Waals surface area contributed by atoms with Crippen molar-refractivity contribution in [2.45, 2.75) is 19.8 Å². The number of carbonyl (C=O) groups is 3. The van der Waals surface area contributed by atoms with E-state index in [1.165, 1.54) is 6.08 Å². The van der Waals surface area contributed by atoms with E-state index in [9.17, 15) is 14.4 Å². The number of urea groups is 1. The van der Waals surface area contributed by atoms with Gasteiger partial charge in [-0.1, -0.05) is 37.6 Å². The van der Waals surface area contributed by atoms with Crippen LogP contribution < -0.4 is 19.7 Å². The fraction of sp³-hybridized carbons (Fsp3) is 0.208. The third kappa shape index (κ3) is 5.36. The lowest BCUT2D eigenvalue weighted by Gasteiger charge is -2.26. The number of carbonyl (C=O) groups excluding carboxylic acids is 3. The Labute approximate surface area is 191 Å². The summed E-state index contributed by atoms with van der Waals surface area (Å²) in [4.78, 5) is 38.9. The maximum Gasteiger partial charge on any atom is 0.335 e. The molecule has 1 aliphatic rings. The number of nitrogens with zero attached hydrogens (tertiary/aromatic N) is 1. The molecular weight excluding hydrogens is 432 g/mol. The van der Waals surface area contributed by atoms with Crippen LogP contribution in [0.1, 0.15) is 25.3 Å². The zero-order chi connectivity index (χ0) is 23.1. The number of halogens is 1. The first-order valence-electron chi connectivity index (χ1n) is 10.1. The van der Waals surface area contributed by atoms with Crippen molar-refractivity contribution in [3.63, 3.8) is 0 Å². The van der Waals surface area contributed by atoms with E-state index in [0.29, 0.717) is 34.4 Å². The molecule has 0 radical (unpaired) electrons. The van der Waals surface area contributed by atoms with E-state index in [0.717, 1.165) is 17.7 Å². The summed E-state index contributed by atoms with van der Waals surface area (Å²) in [5.41, 5.74) is 0.508. The Morgan fingerprint density at radius 3 is 2.53 bits per heavy atom. The van der Waals surface area contributed by atoms with Gasteiger partial charge in [-0.05, 0) is 55.0 Å². The van der Waals surface area contributed by atoms with Crippen LogP contribution in [0.2, 0.25) is 5.02 Å². The van der Waals surface area contributed by atoms with Gasteiger partial charge in [-0.25, -0.2) is 9.69 Å². The van der Waals surface area contributed by atoms with E-state index in [-0.39, 0.29) is 12.2 Å². The molecule has 0 bridgehead atoms. The minimum absolute atomic E-state index is 0.224. The van der Waals surface area contributed by atoms with Crippen LogP contribution in [-0.4, -0.2) is 31.1 Å². The summed E-state index contributed by atoms with van der Waals surface area (Å²) in [6.07, 6.45) is 4.85. The van der Waals surface area contributed by atoms with E-state index < -0.39 is 17.8 Å². The highest BCUT2D eigenvalue weighted by Gasteiger charge is 2.37. The highest BCUT2D eigenvalue weighted by Crippen LogP contribution is 2.28. The first-order chi connectivity index (χ1) is 15.4. The van der Waals surface area contributed by atoms with Crippen LogP contribution in [0.25, 0.3) is 6.08 Å². The average molecular weight is 455 g/mol. The van der Waals surface area contributed by atoms with Crippen molar-refractivity contribution in [2.24, 2.45) is 0 Å². The van der Waals surface area contributed by atoms with Crippen molar-refractivity contribution >= 4 is 41.2 Å². The molecule has 0 aromatic heterocycles. The second-order valence-electron chi connectivity index (χ2n) is 6.94. The Balaban J connectivity index is 1.90. The SMILES string of the molecule is C=CCOc1ccc(Cl)cc1/C=C1/C(=O)NC(=O)N(c2ccc(OCCCC)cc2)C1=O. The minimum atomic E-state index is -0.828. The van der Waals surface area contributed by atoms with Gasteiger partial charge in [-0.2, -0.15) is 0 Å². The summed E-state index contributed by atoms with van der Waals surface area (Å²) in [5.74, 6) is -0.514. The summed E-state index contributed by atoms with van der Waals surface area (Å²) in [6, 6.07) is 10.5. The molecule has 0 atom stereocenters. The highest BCUT2D eigenvalue weighted by atomic mass is 35.5. The number of hydrogen-bond acceptors (Lipinski definition) is 5. The van der Waals surface area contributed by atoms with Gasteiger partial charge in [0, 0.05) is 10.6 Å². The van der Waals surface area contributed by atoms with Gasteiger partial charge in [0.2, 0.25) is 0 Å². The molecule has 0 spiro atoms. The van der Waals surface area contributed by atoms with Crippen molar-refractivity contribution in [1.29, 1.82) is 0 Å². The number of unbranched alkanes of at least 4 members (excludes halogenated alkanes) is 1. The van der Waals surface area contributed by atoms with Gasteiger partial charge < -0.3 is 9.47 Å². The molecule has 1 heterocycles. The van der Waals surface area contributed by atoms with Gasteiger partial charge in [0.1, 0.15) is 23.7 Å². The Bertz CT molecular complexity index is 1060. The lowest BCUT2D eigenvalue weighted by Crippen LogP contribution is -2.54. The predicted molar refractivity (Wildman–Crippen MR) is 123 cm³/mol. The van der Waals surface area contributed by atoms with Crippen LogP contribution in [0.15, 0.2) is 60.7 Å². The molecule has 1 fully saturated rings. The lowest BCUT2D eigenvalue weighted by atomic mass is 10.1. The molecule has 2 aromatic carbocycles. The van der Waals surface area contributed by atoms with Crippen LogP contribution in [-0.2, 0) is 9.59 Å². The van der Waals surface area contributed by atoms with Crippen LogP contribution in [0.3, 0.4) is 0 Å². The molecule has 166 valence electrons. The second-order valence-corrected chi connectivity index (χ2v) is 7.37. The number of amides is 4. The van der Waals surface area contributed by atoms with Crippen LogP contribution in [0.4, 0.5) is 10.5 Å². The zero-order valence-electron chi connectivity index (χ0n) is 17.6. The third-order valence-electron chi connectivity index (χ3n) is 4.59. The van der Waals surface area contributed by atoms with Gasteiger partial charge >= 0.3 is 6.03 Å². The number of barbiturate groups is 1. The van der Waals surface area contributed by atoms with E-state index in [1.807, 2.05) is 0 Å². The van der Waals surface area contributed by atoms with Gasteiger partial charge in [-0.3, -0.25) is 14.9 Å². The monoisotopic (exact) mass is 454 g/mol. The molecule has 1 N–H and O–H groups in total. The van der Waals surface area contributed by atoms with E-state index in [1.54, 1.807) is 48.5 Å². The predicted octanol–water partition coefficient (Wildman–Crippen LogP) is 4.75. The molecule has 3 rings (SSSR count). The highest BCUT2D eigenvalue weighted by molar-refractivity contribution is 6.39. The van der Waals surface area contributed by atoms with Crippen molar-refractivity contribution in [3.05, 3.63) is 71.3 Å². The fourth-order valence-corrected chi connectivity index (χ4v) is 3.17. The maximum absolute atomic E-state index is 13.1. The van der Waals surface area contributed by atoms with Crippen molar-refractivity contribution in [2.75, 3.05) is 18.1 Å². The molecule has 7 nitrogen and oxygen atoms in total. The van der Waals surface area contributed by atoms with Gasteiger partial charge in [-0.15, -0.1) is 0 Å². The van der Waals surface area contributed by atoms with E-state index in [4.69, 9.17) is 21.1 Å². The second kappa shape index (κ2) is 10.6. The number of ether oxygens (including phenoxy) is 2. The first-order valence-corrected chi connectivity index (χ1v) is 10.5. The maximum atomic E-state index is 13.1. The summed E-state index contributed by atoms with van der Waals surface area (Å²) in [5, 5.41) is 2.60. The molecule has 4 amide bonds. The number of hydrogen-bond donors (Lipinski definition) is 1. The largest absolute Gasteiger partial charge is 0.494 e. The van der Waals surface area contributed by atoms with Crippen molar-refractivity contribution < 1.29 is 23.9 Å². The quantitative estimate of drug-likeness (QED) is 0.256. The molecule has 1 saturated heterocycles. The van der Waals surface area contributed by atoms with Crippen LogP contribution in [0, 0.1) is 0 Å². The van der Waals surface area contributed by atoms with Gasteiger partial charge in [0.05, 0.1) is 12.3 Å². The number of rotatable bonds is 9. The number of anilines is 1. The fourth-order valence-electron chi connectivity index (χ4n) is 2.99.